The molecule has 1 aliphatic heterocycles. The molecule has 0 spiro atoms. The zero-order chi connectivity index (χ0) is 16.7. The van der Waals surface area contributed by atoms with E-state index in [2.05, 4.69) is 47.8 Å². The largest absolute Gasteiger partial charge is 0.344 e. The number of rotatable bonds is 2. The molecule has 0 atom stereocenters. The lowest BCUT2D eigenvalue weighted by Gasteiger charge is -2.30. The van der Waals surface area contributed by atoms with E-state index in [9.17, 15) is 4.39 Å². The first kappa shape index (κ1) is 15.4. The molecule has 0 unspecified atom stereocenters. The van der Waals surface area contributed by atoms with E-state index < -0.39 is 0 Å². The van der Waals surface area contributed by atoms with Crippen molar-refractivity contribution in [3.8, 4) is 11.1 Å². The van der Waals surface area contributed by atoms with Gasteiger partial charge in [-0.15, -0.1) is 0 Å². The lowest BCUT2D eigenvalue weighted by Crippen LogP contribution is -2.31. The molecule has 2 aromatic carbocycles. The number of aryl methyl sites for hydroxylation is 1. The summed E-state index contributed by atoms with van der Waals surface area (Å²) in [4.78, 5) is 2.40. The maximum absolute atomic E-state index is 13.3. The molecular weight excluding hydrogens is 299 g/mol. The van der Waals surface area contributed by atoms with E-state index in [1.54, 1.807) is 12.1 Å². The Morgan fingerprint density at radius 3 is 2.42 bits per heavy atom. The molecule has 1 saturated heterocycles. The Hall–Kier alpha value is -2.13. The van der Waals surface area contributed by atoms with Gasteiger partial charge in [-0.25, -0.2) is 4.39 Å². The number of halogens is 1. The predicted molar refractivity (Wildman–Crippen MR) is 97.8 cm³/mol. The molecule has 0 saturated carbocycles. The minimum Gasteiger partial charge on any atom is -0.344 e. The van der Waals surface area contributed by atoms with Gasteiger partial charge < -0.3 is 9.47 Å². The van der Waals surface area contributed by atoms with Crippen LogP contribution in [-0.2, 0) is 0 Å². The van der Waals surface area contributed by atoms with Gasteiger partial charge in [0.05, 0.1) is 0 Å². The summed E-state index contributed by atoms with van der Waals surface area (Å²) in [6, 6.07) is 14.1. The molecule has 24 heavy (non-hydrogen) atoms. The number of piperidine rings is 1. The van der Waals surface area contributed by atoms with Crippen LogP contribution in [0, 0.1) is 12.7 Å². The monoisotopic (exact) mass is 322 g/mol. The number of hydrogen-bond acceptors (Lipinski definition) is 1. The highest BCUT2D eigenvalue weighted by atomic mass is 19.1. The van der Waals surface area contributed by atoms with Crippen LogP contribution in [-0.4, -0.2) is 29.6 Å². The molecule has 0 aliphatic carbocycles. The van der Waals surface area contributed by atoms with Crippen LogP contribution in [0.3, 0.4) is 0 Å². The van der Waals surface area contributed by atoms with E-state index in [-0.39, 0.29) is 5.82 Å². The highest BCUT2D eigenvalue weighted by molar-refractivity contribution is 5.96. The second-order valence-corrected chi connectivity index (χ2v) is 7.01. The van der Waals surface area contributed by atoms with Crippen molar-refractivity contribution in [1.82, 2.24) is 9.47 Å². The first-order valence-corrected chi connectivity index (χ1v) is 8.67. The van der Waals surface area contributed by atoms with Crippen LogP contribution in [0.25, 0.3) is 22.0 Å². The van der Waals surface area contributed by atoms with Crippen molar-refractivity contribution < 1.29 is 4.39 Å². The number of hydrogen-bond donors (Lipinski definition) is 0. The summed E-state index contributed by atoms with van der Waals surface area (Å²) in [5.74, 6) is -0.186. The molecule has 1 fully saturated rings. The molecule has 0 radical (unpaired) electrons. The Bertz CT molecular complexity index is 855. The van der Waals surface area contributed by atoms with Gasteiger partial charge in [0.1, 0.15) is 5.82 Å². The van der Waals surface area contributed by atoms with Crippen LogP contribution in [0.5, 0.6) is 0 Å². The number of aromatic nitrogens is 1. The second kappa shape index (κ2) is 6.06. The van der Waals surface area contributed by atoms with Crippen molar-refractivity contribution >= 4 is 10.9 Å². The first-order chi connectivity index (χ1) is 11.6. The van der Waals surface area contributed by atoms with E-state index >= 15 is 0 Å². The average Bonchev–Trinajstić information content (AvgIpc) is 2.95. The summed E-state index contributed by atoms with van der Waals surface area (Å²) in [6.45, 7) is 4.41. The van der Waals surface area contributed by atoms with Gasteiger partial charge in [-0.1, -0.05) is 23.8 Å². The molecule has 0 bridgehead atoms. The zero-order valence-electron chi connectivity index (χ0n) is 14.3. The number of likely N-dealkylation sites (tertiary alicyclic amines) is 1. The van der Waals surface area contributed by atoms with Gasteiger partial charge in [0.25, 0.3) is 0 Å². The Labute approximate surface area is 142 Å². The van der Waals surface area contributed by atoms with Crippen molar-refractivity contribution in [2.24, 2.45) is 0 Å². The zero-order valence-corrected chi connectivity index (χ0v) is 14.3. The molecule has 3 heteroatoms. The minimum absolute atomic E-state index is 0.186. The maximum Gasteiger partial charge on any atom is 0.123 e. The van der Waals surface area contributed by atoms with Gasteiger partial charge in [-0.2, -0.15) is 0 Å². The van der Waals surface area contributed by atoms with Crippen LogP contribution in [0.15, 0.2) is 48.7 Å². The van der Waals surface area contributed by atoms with E-state index in [4.69, 9.17) is 0 Å². The molecule has 0 amide bonds. The number of benzene rings is 2. The van der Waals surface area contributed by atoms with Crippen LogP contribution in [0.4, 0.5) is 4.39 Å². The highest BCUT2D eigenvalue weighted by Crippen LogP contribution is 2.35. The smallest absolute Gasteiger partial charge is 0.123 e. The molecule has 3 aromatic rings. The molecule has 1 aliphatic rings. The lowest BCUT2D eigenvalue weighted by atomic mass is 10.0. The third-order valence-electron chi connectivity index (χ3n) is 5.23. The van der Waals surface area contributed by atoms with Crippen molar-refractivity contribution in [1.29, 1.82) is 0 Å². The topological polar surface area (TPSA) is 8.17 Å². The summed E-state index contributed by atoms with van der Waals surface area (Å²) < 4.78 is 15.7. The molecule has 4 rings (SSSR count). The van der Waals surface area contributed by atoms with E-state index in [1.165, 1.54) is 34.9 Å². The lowest BCUT2D eigenvalue weighted by molar-refractivity contribution is 0.224. The van der Waals surface area contributed by atoms with Gasteiger partial charge in [0.2, 0.25) is 0 Å². The summed E-state index contributed by atoms with van der Waals surface area (Å²) >= 11 is 0. The van der Waals surface area contributed by atoms with Gasteiger partial charge >= 0.3 is 0 Å². The fraction of sp³-hybridized carbons (Fsp3) is 0.333. The Balaban J connectivity index is 1.84. The number of nitrogens with zero attached hydrogens (tertiary/aromatic N) is 2. The van der Waals surface area contributed by atoms with Crippen molar-refractivity contribution in [2.45, 2.75) is 25.8 Å². The third-order valence-corrected chi connectivity index (χ3v) is 5.23. The molecule has 0 N–H and O–H groups in total. The number of fused-ring (bicyclic) bond motifs is 1. The van der Waals surface area contributed by atoms with Gasteiger partial charge in [-0.3, -0.25) is 0 Å². The van der Waals surface area contributed by atoms with Gasteiger partial charge in [0, 0.05) is 28.7 Å². The summed E-state index contributed by atoms with van der Waals surface area (Å²) in [5.41, 5.74) is 4.83. The summed E-state index contributed by atoms with van der Waals surface area (Å²) in [7, 11) is 2.19. The SMILES string of the molecule is Cc1ccc2c(c1)c(-c1ccc(F)cc1)cn2C1CCN(C)CC1. The third kappa shape index (κ3) is 2.73. The highest BCUT2D eigenvalue weighted by Gasteiger charge is 2.21. The summed E-state index contributed by atoms with van der Waals surface area (Å²) in [5, 5.41) is 1.26. The van der Waals surface area contributed by atoms with E-state index in [1.807, 2.05) is 12.1 Å². The molecular formula is C21H23FN2. The maximum atomic E-state index is 13.3. The fourth-order valence-corrected chi connectivity index (χ4v) is 3.80. The van der Waals surface area contributed by atoms with Crippen molar-refractivity contribution in [3.05, 3.63) is 60.0 Å². The minimum atomic E-state index is -0.186. The summed E-state index contributed by atoms with van der Waals surface area (Å²) in [6.07, 6.45) is 4.63. The average molecular weight is 322 g/mol. The molecule has 2 heterocycles. The second-order valence-electron chi connectivity index (χ2n) is 7.01. The standard InChI is InChI=1S/C21H23FN2/c1-15-3-8-21-19(13-15)20(16-4-6-17(22)7-5-16)14-24(21)18-9-11-23(2)12-10-18/h3-8,13-14,18H,9-12H2,1-2H3. The first-order valence-electron chi connectivity index (χ1n) is 8.67. The van der Waals surface area contributed by atoms with Gasteiger partial charge in [-0.05, 0) is 69.7 Å². The molecule has 124 valence electrons. The molecule has 1 aromatic heterocycles. The van der Waals surface area contributed by atoms with Crippen LogP contribution in [0.2, 0.25) is 0 Å². The quantitative estimate of drug-likeness (QED) is 0.643. The fourth-order valence-electron chi connectivity index (χ4n) is 3.80. The van der Waals surface area contributed by atoms with E-state index in [0.717, 1.165) is 18.7 Å². The molecule has 2 nitrogen and oxygen atoms in total. The predicted octanol–water partition coefficient (Wildman–Crippen LogP) is 5.02. The Kier molecular flexibility index (Phi) is 3.89. The Morgan fingerprint density at radius 2 is 1.71 bits per heavy atom. The normalized spacial score (nSPS) is 16.8. The Morgan fingerprint density at radius 1 is 1.00 bits per heavy atom. The van der Waals surface area contributed by atoms with Crippen LogP contribution in [0.1, 0.15) is 24.4 Å². The van der Waals surface area contributed by atoms with Crippen molar-refractivity contribution in [3.63, 3.8) is 0 Å². The van der Waals surface area contributed by atoms with Crippen molar-refractivity contribution in [2.75, 3.05) is 20.1 Å². The van der Waals surface area contributed by atoms with Gasteiger partial charge in [0.15, 0.2) is 0 Å². The van der Waals surface area contributed by atoms with E-state index in [0.29, 0.717) is 6.04 Å². The van der Waals surface area contributed by atoms with Crippen LogP contribution < -0.4 is 0 Å². The van der Waals surface area contributed by atoms with Crippen LogP contribution >= 0.6 is 0 Å².